The number of amides is 1. The van der Waals surface area contributed by atoms with Crippen LogP contribution >= 0.6 is 0 Å². The maximum Gasteiger partial charge on any atom is 0.236 e. The first-order chi connectivity index (χ1) is 9.63. The quantitative estimate of drug-likeness (QED) is 0.683. The Kier molecular flexibility index (Phi) is 7.88. The van der Waals surface area contributed by atoms with Crippen LogP contribution in [0.4, 0.5) is 4.39 Å². The van der Waals surface area contributed by atoms with E-state index in [2.05, 4.69) is 17.6 Å². The van der Waals surface area contributed by atoms with Gasteiger partial charge in [-0.2, -0.15) is 0 Å². The van der Waals surface area contributed by atoms with Gasteiger partial charge in [0.05, 0.1) is 6.04 Å². The lowest BCUT2D eigenvalue weighted by Crippen LogP contribution is -2.43. The van der Waals surface area contributed by atoms with Crippen molar-refractivity contribution in [2.24, 2.45) is 0 Å². The SMILES string of the molecule is CCCCCNC(=O)C(C)NCCc1cccc(F)c1. The van der Waals surface area contributed by atoms with Gasteiger partial charge in [-0.3, -0.25) is 4.79 Å². The van der Waals surface area contributed by atoms with Gasteiger partial charge in [0.25, 0.3) is 0 Å². The highest BCUT2D eigenvalue weighted by molar-refractivity contribution is 5.81. The normalized spacial score (nSPS) is 12.2. The van der Waals surface area contributed by atoms with Crippen molar-refractivity contribution in [1.82, 2.24) is 10.6 Å². The summed E-state index contributed by atoms with van der Waals surface area (Å²) in [7, 11) is 0. The number of halogens is 1. The van der Waals surface area contributed by atoms with Gasteiger partial charge >= 0.3 is 0 Å². The molecule has 1 unspecified atom stereocenters. The fourth-order valence-electron chi connectivity index (χ4n) is 1.96. The minimum atomic E-state index is -0.218. The van der Waals surface area contributed by atoms with E-state index in [9.17, 15) is 9.18 Å². The van der Waals surface area contributed by atoms with Gasteiger partial charge in [-0.05, 0) is 44.0 Å². The third-order valence-corrected chi connectivity index (χ3v) is 3.23. The lowest BCUT2D eigenvalue weighted by Gasteiger charge is -2.14. The summed E-state index contributed by atoms with van der Waals surface area (Å²) >= 11 is 0. The zero-order valence-corrected chi connectivity index (χ0v) is 12.4. The van der Waals surface area contributed by atoms with E-state index in [-0.39, 0.29) is 17.8 Å². The molecular weight excluding hydrogens is 255 g/mol. The lowest BCUT2D eigenvalue weighted by atomic mass is 10.1. The van der Waals surface area contributed by atoms with Crippen molar-refractivity contribution in [2.45, 2.75) is 45.6 Å². The summed E-state index contributed by atoms with van der Waals surface area (Å²) < 4.78 is 13.0. The highest BCUT2D eigenvalue weighted by Gasteiger charge is 2.10. The zero-order valence-electron chi connectivity index (χ0n) is 12.4. The van der Waals surface area contributed by atoms with Crippen LogP contribution in [0, 0.1) is 5.82 Å². The topological polar surface area (TPSA) is 41.1 Å². The molecule has 1 aromatic carbocycles. The molecule has 0 bridgehead atoms. The number of carbonyl (C=O) groups is 1. The van der Waals surface area contributed by atoms with Crippen LogP contribution in [0.1, 0.15) is 38.7 Å². The first kappa shape index (κ1) is 16.6. The third-order valence-electron chi connectivity index (χ3n) is 3.23. The van der Waals surface area contributed by atoms with E-state index < -0.39 is 0 Å². The molecule has 0 aromatic heterocycles. The Morgan fingerprint density at radius 3 is 2.80 bits per heavy atom. The van der Waals surface area contributed by atoms with Gasteiger partial charge in [0.2, 0.25) is 5.91 Å². The van der Waals surface area contributed by atoms with E-state index >= 15 is 0 Å². The summed E-state index contributed by atoms with van der Waals surface area (Å²) in [6.07, 6.45) is 4.03. The Labute approximate surface area is 121 Å². The van der Waals surface area contributed by atoms with Gasteiger partial charge in [0.15, 0.2) is 0 Å². The van der Waals surface area contributed by atoms with E-state index in [0.29, 0.717) is 13.0 Å². The van der Waals surface area contributed by atoms with E-state index in [1.54, 1.807) is 6.07 Å². The summed E-state index contributed by atoms with van der Waals surface area (Å²) in [6, 6.07) is 6.33. The molecule has 0 aliphatic heterocycles. The van der Waals surface area contributed by atoms with Crippen molar-refractivity contribution < 1.29 is 9.18 Å². The largest absolute Gasteiger partial charge is 0.355 e. The van der Waals surface area contributed by atoms with Crippen molar-refractivity contribution in [3.8, 4) is 0 Å². The van der Waals surface area contributed by atoms with E-state index in [4.69, 9.17) is 0 Å². The molecule has 1 atom stereocenters. The minimum absolute atomic E-state index is 0.0281. The van der Waals surface area contributed by atoms with Gasteiger partial charge in [-0.15, -0.1) is 0 Å². The van der Waals surface area contributed by atoms with E-state index in [1.165, 1.54) is 12.1 Å². The zero-order chi connectivity index (χ0) is 14.8. The van der Waals surface area contributed by atoms with Crippen molar-refractivity contribution in [3.05, 3.63) is 35.6 Å². The molecular formula is C16H25FN2O. The predicted molar refractivity (Wildman–Crippen MR) is 80.1 cm³/mol. The minimum Gasteiger partial charge on any atom is -0.355 e. The van der Waals surface area contributed by atoms with Crippen LogP contribution in [0.25, 0.3) is 0 Å². The number of benzene rings is 1. The summed E-state index contributed by atoms with van der Waals surface area (Å²) in [6.45, 7) is 5.38. The standard InChI is InChI=1S/C16H25FN2O/c1-3-4-5-10-19-16(20)13(2)18-11-9-14-7-6-8-15(17)12-14/h6-8,12-13,18H,3-5,9-11H2,1-2H3,(H,19,20). The molecule has 4 heteroatoms. The fourth-order valence-corrected chi connectivity index (χ4v) is 1.96. The van der Waals surface area contributed by atoms with E-state index in [1.807, 2.05) is 13.0 Å². The molecule has 20 heavy (non-hydrogen) atoms. The van der Waals surface area contributed by atoms with Crippen LogP contribution in [-0.4, -0.2) is 25.0 Å². The average Bonchev–Trinajstić information content (AvgIpc) is 2.43. The lowest BCUT2D eigenvalue weighted by molar-refractivity contribution is -0.122. The Hall–Kier alpha value is -1.42. The van der Waals surface area contributed by atoms with Crippen LogP contribution in [-0.2, 0) is 11.2 Å². The number of rotatable bonds is 9. The van der Waals surface area contributed by atoms with Crippen molar-refractivity contribution in [3.63, 3.8) is 0 Å². The number of hydrogen-bond acceptors (Lipinski definition) is 2. The first-order valence-electron chi connectivity index (χ1n) is 7.39. The van der Waals surface area contributed by atoms with Crippen molar-refractivity contribution >= 4 is 5.91 Å². The Morgan fingerprint density at radius 1 is 1.30 bits per heavy atom. The summed E-state index contributed by atoms with van der Waals surface area (Å²) in [5, 5.41) is 6.07. The van der Waals surface area contributed by atoms with Crippen molar-refractivity contribution in [1.29, 1.82) is 0 Å². The molecule has 0 heterocycles. The highest BCUT2D eigenvalue weighted by Crippen LogP contribution is 2.03. The highest BCUT2D eigenvalue weighted by atomic mass is 19.1. The second-order valence-electron chi connectivity index (χ2n) is 5.05. The van der Waals surface area contributed by atoms with Crippen LogP contribution in [0.2, 0.25) is 0 Å². The van der Waals surface area contributed by atoms with Gasteiger partial charge < -0.3 is 10.6 Å². The van der Waals surface area contributed by atoms with Crippen LogP contribution in [0.5, 0.6) is 0 Å². The molecule has 2 N–H and O–H groups in total. The van der Waals surface area contributed by atoms with Crippen molar-refractivity contribution in [2.75, 3.05) is 13.1 Å². The number of nitrogens with one attached hydrogen (secondary N) is 2. The van der Waals surface area contributed by atoms with Gasteiger partial charge in [0.1, 0.15) is 5.82 Å². The molecule has 3 nitrogen and oxygen atoms in total. The predicted octanol–water partition coefficient (Wildman–Crippen LogP) is 2.65. The molecule has 0 saturated carbocycles. The molecule has 0 fully saturated rings. The molecule has 0 aliphatic rings. The maximum absolute atomic E-state index is 13.0. The fraction of sp³-hybridized carbons (Fsp3) is 0.562. The molecule has 112 valence electrons. The second-order valence-corrected chi connectivity index (χ2v) is 5.05. The maximum atomic E-state index is 13.0. The summed E-state index contributed by atoms with van der Waals surface area (Å²) in [5.74, 6) is -0.190. The second kappa shape index (κ2) is 9.48. The summed E-state index contributed by atoms with van der Waals surface area (Å²) in [5.41, 5.74) is 0.938. The van der Waals surface area contributed by atoms with Gasteiger partial charge in [-0.25, -0.2) is 4.39 Å². The average molecular weight is 280 g/mol. The number of unbranched alkanes of at least 4 members (excludes halogenated alkanes) is 2. The Morgan fingerprint density at radius 2 is 2.10 bits per heavy atom. The van der Waals surface area contributed by atoms with E-state index in [0.717, 1.165) is 31.4 Å². The Balaban J connectivity index is 2.18. The molecule has 1 rings (SSSR count). The molecule has 0 saturated heterocycles. The smallest absolute Gasteiger partial charge is 0.236 e. The molecule has 1 aromatic rings. The Bertz CT molecular complexity index is 409. The third kappa shape index (κ3) is 6.66. The number of carbonyl (C=O) groups excluding carboxylic acids is 1. The molecule has 1 amide bonds. The molecule has 0 aliphatic carbocycles. The summed E-state index contributed by atoms with van der Waals surface area (Å²) in [4.78, 5) is 11.8. The van der Waals surface area contributed by atoms with Crippen LogP contribution in [0.15, 0.2) is 24.3 Å². The van der Waals surface area contributed by atoms with Gasteiger partial charge in [-0.1, -0.05) is 31.9 Å². The van der Waals surface area contributed by atoms with Crippen LogP contribution < -0.4 is 10.6 Å². The monoisotopic (exact) mass is 280 g/mol. The molecule has 0 spiro atoms. The number of hydrogen-bond donors (Lipinski definition) is 2. The van der Waals surface area contributed by atoms with Crippen LogP contribution in [0.3, 0.4) is 0 Å². The molecule has 0 radical (unpaired) electrons. The van der Waals surface area contributed by atoms with Gasteiger partial charge in [0, 0.05) is 6.54 Å². The first-order valence-corrected chi connectivity index (χ1v) is 7.39.